The molecule has 0 atom stereocenters. The van der Waals surface area contributed by atoms with Crippen LogP contribution in [0.5, 0.6) is 17.4 Å². The van der Waals surface area contributed by atoms with Crippen LogP contribution in [0.1, 0.15) is 40.2 Å². The number of hydrogen-bond acceptors (Lipinski definition) is 4. The van der Waals surface area contributed by atoms with Crippen LogP contribution in [0, 0.1) is 0 Å². The highest BCUT2D eigenvalue weighted by atomic mass is 16.5. The first-order valence-electron chi connectivity index (χ1n) is 10.3. The Bertz CT molecular complexity index is 1020. The highest BCUT2D eigenvalue weighted by molar-refractivity contribution is 6.00. The van der Waals surface area contributed by atoms with Crippen LogP contribution in [0.3, 0.4) is 0 Å². The Morgan fingerprint density at radius 1 is 0.935 bits per heavy atom. The number of amides is 2. The number of para-hydroxylation sites is 1. The molecule has 0 unspecified atom stereocenters. The van der Waals surface area contributed by atoms with E-state index in [-0.39, 0.29) is 17.6 Å². The minimum absolute atomic E-state index is 0.0922. The standard InChI is InChI=1S/C25H29N3O3/c1-17(2)30-19-14-12-18(13-15-19)27-24(29)28-21-10-8-16-26-23(21)31-22-11-7-6-9-20(22)25(3,4)5/h6-17H,1-5H3,(H2,27,28,29). The molecule has 0 aliphatic rings. The third kappa shape index (κ3) is 6.22. The lowest BCUT2D eigenvalue weighted by molar-refractivity contribution is 0.242. The lowest BCUT2D eigenvalue weighted by atomic mass is 9.86. The van der Waals surface area contributed by atoms with Crippen LogP contribution in [0.25, 0.3) is 0 Å². The molecule has 1 heterocycles. The molecule has 0 aliphatic carbocycles. The van der Waals surface area contributed by atoms with Crippen molar-refractivity contribution in [2.75, 3.05) is 10.6 Å². The Labute approximate surface area is 183 Å². The molecule has 31 heavy (non-hydrogen) atoms. The average molecular weight is 420 g/mol. The number of benzene rings is 2. The van der Waals surface area contributed by atoms with Gasteiger partial charge in [-0.1, -0.05) is 39.0 Å². The van der Waals surface area contributed by atoms with Gasteiger partial charge < -0.3 is 20.1 Å². The molecule has 0 aliphatic heterocycles. The van der Waals surface area contributed by atoms with Gasteiger partial charge in [0.1, 0.15) is 17.2 Å². The van der Waals surface area contributed by atoms with Gasteiger partial charge in [-0.15, -0.1) is 0 Å². The molecule has 0 saturated carbocycles. The van der Waals surface area contributed by atoms with E-state index in [0.29, 0.717) is 23.0 Å². The van der Waals surface area contributed by atoms with Gasteiger partial charge in [0.05, 0.1) is 6.10 Å². The van der Waals surface area contributed by atoms with Crippen LogP contribution >= 0.6 is 0 Å². The van der Waals surface area contributed by atoms with Gasteiger partial charge in [0.25, 0.3) is 0 Å². The quantitative estimate of drug-likeness (QED) is 0.472. The van der Waals surface area contributed by atoms with Gasteiger partial charge in [-0.3, -0.25) is 0 Å². The number of hydrogen-bond donors (Lipinski definition) is 2. The second-order valence-electron chi connectivity index (χ2n) is 8.47. The molecule has 3 aromatic rings. The van der Waals surface area contributed by atoms with E-state index in [9.17, 15) is 4.79 Å². The molecule has 2 aromatic carbocycles. The van der Waals surface area contributed by atoms with Crippen LogP contribution < -0.4 is 20.1 Å². The van der Waals surface area contributed by atoms with Gasteiger partial charge >= 0.3 is 6.03 Å². The van der Waals surface area contributed by atoms with E-state index in [0.717, 1.165) is 11.3 Å². The minimum atomic E-state index is -0.389. The van der Waals surface area contributed by atoms with Crippen LogP contribution in [0.4, 0.5) is 16.2 Å². The summed E-state index contributed by atoms with van der Waals surface area (Å²) in [7, 11) is 0. The van der Waals surface area contributed by atoms with E-state index in [1.54, 1.807) is 30.5 Å². The molecule has 6 nitrogen and oxygen atoms in total. The Morgan fingerprint density at radius 3 is 2.32 bits per heavy atom. The molecule has 3 rings (SSSR count). The summed E-state index contributed by atoms with van der Waals surface area (Å²) in [5.74, 6) is 1.79. The van der Waals surface area contributed by atoms with E-state index in [4.69, 9.17) is 9.47 Å². The summed E-state index contributed by atoms with van der Waals surface area (Å²) in [6.07, 6.45) is 1.72. The second kappa shape index (κ2) is 9.51. The maximum atomic E-state index is 12.5. The van der Waals surface area contributed by atoms with Crippen molar-refractivity contribution >= 4 is 17.4 Å². The lowest BCUT2D eigenvalue weighted by Crippen LogP contribution is -2.20. The van der Waals surface area contributed by atoms with Crippen molar-refractivity contribution in [3.8, 4) is 17.4 Å². The summed E-state index contributed by atoms with van der Waals surface area (Å²) in [6.45, 7) is 10.3. The lowest BCUT2D eigenvalue weighted by Gasteiger charge is -2.22. The Balaban J connectivity index is 1.72. The van der Waals surface area contributed by atoms with Gasteiger partial charge in [0.2, 0.25) is 5.88 Å². The number of rotatable bonds is 6. The molecule has 6 heteroatoms. The topological polar surface area (TPSA) is 72.5 Å². The third-order valence-corrected chi connectivity index (χ3v) is 4.41. The normalized spacial score (nSPS) is 11.2. The molecule has 0 bridgehead atoms. The van der Waals surface area contributed by atoms with Crippen LogP contribution in [-0.4, -0.2) is 17.1 Å². The third-order valence-electron chi connectivity index (χ3n) is 4.41. The first-order chi connectivity index (χ1) is 14.7. The zero-order valence-corrected chi connectivity index (χ0v) is 18.6. The number of anilines is 2. The average Bonchev–Trinajstić information content (AvgIpc) is 2.70. The number of nitrogens with one attached hydrogen (secondary N) is 2. The van der Waals surface area contributed by atoms with E-state index in [2.05, 4.69) is 36.4 Å². The van der Waals surface area contributed by atoms with E-state index >= 15 is 0 Å². The molecule has 1 aromatic heterocycles. The zero-order chi connectivity index (χ0) is 22.4. The predicted molar refractivity (Wildman–Crippen MR) is 124 cm³/mol. The zero-order valence-electron chi connectivity index (χ0n) is 18.6. The molecule has 0 spiro atoms. The number of ether oxygens (including phenoxy) is 2. The number of nitrogens with zero attached hydrogens (tertiary/aromatic N) is 1. The first-order valence-corrected chi connectivity index (χ1v) is 10.3. The van der Waals surface area contributed by atoms with E-state index in [1.165, 1.54) is 0 Å². The Kier molecular flexibility index (Phi) is 6.80. The molecule has 0 radical (unpaired) electrons. The summed E-state index contributed by atoms with van der Waals surface area (Å²) in [5, 5.41) is 5.62. The highest BCUT2D eigenvalue weighted by Crippen LogP contribution is 2.35. The summed E-state index contributed by atoms with van der Waals surface area (Å²) >= 11 is 0. The van der Waals surface area contributed by atoms with Crippen molar-refractivity contribution in [3.63, 3.8) is 0 Å². The van der Waals surface area contributed by atoms with Gasteiger partial charge in [-0.05, 0) is 61.7 Å². The van der Waals surface area contributed by atoms with Gasteiger partial charge in [-0.2, -0.15) is 0 Å². The Morgan fingerprint density at radius 2 is 1.65 bits per heavy atom. The molecule has 0 fully saturated rings. The van der Waals surface area contributed by atoms with Crippen molar-refractivity contribution in [2.24, 2.45) is 0 Å². The monoisotopic (exact) mass is 419 g/mol. The van der Waals surface area contributed by atoms with Crippen molar-refractivity contribution in [3.05, 3.63) is 72.4 Å². The maximum absolute atomic E-state index is 12.5. The van der Waals surface area contributed by atoms with Crippen molar-refractivity contribution < 1.29 is 14.3 Å². The molecule has 162 valence electrons. The fraction of sp³-hybridized carbons (Fsp3) is 0.280. The minimum Gasteiger partial charge on any atom is -0.491 e. The molecular weight excluding hydrogens is 390 g/mol. The summed E-state index contributed by atoms with van der Waals surface area (Å²) in [5.41, 5.74) is 2.09. The van der Waals surface area contributed by atoms with Crippen molar-refractivity contribution in [2.45, 2.75) is 46.1 Å². The van der Waals surface area contributed by atoms with E-state index in [1.807, 2.05) is 50.2 Å². The maximum Gasteiger partial charge on any atom is 0.323 e. The van der Waals surface area contributed by atoms with Crippen LogP contribution in [0.15, 0.2) is 66.9 Å². The second-order valence-corrected chi connectivity index (χ2v) is 8.47. The fourth-order valence-corrected chi connectivity index (χ4v) is 3.02. The SMILES string of the molecule is CC(C)Oc1ccc(NC(=O)Nc2cccnc2Oc2ccccc2C(C)(C)C)cc1. The summed E-state index contributed by atoms with van der Waals surface area (Å²) in [4.78, 5) is 16.9. The Hall–Kier alpha value is -3.54. The van der Waals surface area contributed by atoms with Crippen molar-refractivity contribution in [1.29, 1.82) is 0 Å². The predicted octanol–water partition coefficient (Wildman–Crippen LogP) is 6.60. The van der Waals surface area contributed by atoms with Gasteiger partial charge in [0, 0.05) is 17.4 Å². The number of carbonyl (C=O) groups is 1. The van der Waals surface area contributed by atoms with Gasteiger partial charge in [-0.25, -0.2) is 9.78 Å². The number of pyridine rings is 1. The van der Waals surface area contributed by atoms with Gasteiger partial charge in [0.15, 0.2) is 0 Å². The number of aromatic nitrogens is 1. The largest absolute Gasteiger partial charge is 0.491 e. The highest BCUT2D eigenvalue weighted by Gasteiger charge is 2.20. The van der Waals surface area contributed by atoms with Crippen LogP contribution in [-0.2, 0) is 5.41 Å². The van der Waals surface area contributed by atoms with E-state index < -0.39 is 0 Å². The number of carbonyl (C=O) groups excluding carboxylic acids is 1. The summed E-state index contributed by atoms with van der Waals surface area (Å²) < 4.78 is 11.7. The smallest absolute Gasteiger partial charge is 0.323 e. The number of urea groups is 1. The molecular formula is C25H29N3O3. The fourth-order valence-electron chi connectivity index (χ4n) is 3.02. The molecule has 2 N–H and O–H groups in total. The molecule has 0 saturated heterocycles. The van der Waals surface area contributed by atoms with Crippen molar-refractivity contribution in [1.82, 2.24) is 4.98 Å². The van der Waals surface area contributed by atoms with Crippen LogP contribution in [0.2, 0.25) is 0 Å². The first kappa shape index (κ1) is 22.2. The summed E-state index contributed by atoms with van der Waals surface area (Å²) in [6, 6.07) is 18.2. The molecule has 2 amide bonds.